The molecule has 0 aromatic carbocycles. The van der Waals surface area contributed by atoms with Gasteiger partial charge in [0.15, 0.2) is 17.3 Å². The Balaban J connectivity index is 1.61. The highest BCUT2D eigenvalue weighted by Gasteiger charge is 2.20. The molecular formula is C18H20N8O. The van der Waals surface area contributed by atoms with Crippen molar-refractivity contribution >= 4 is 11.8 Å². The Morgan fingerprint density at radius 1 is 1.15 bits per heavy atom. The largest absolute Gasteiger partial charge is 0.382 e. The van der Waals surface area contributed by atoms with Gasteiger partial charge in [0.2, 0.25) is 5.95 Å². The summed E-state index contributed by atoms with van der Waals surface area (Å²) in [6.07, 6.45) is 1.44. The molecule has 3 aliphatic heterocycles. The number of nitrogen functional groups attached to an aromatic ring is 2. The van der Waals surface area contributed by atoms with E-state index in [1.165, 1.54) is 6.33 Å². The van der Waals surface area contributed by atoms with E-state index >= 15 is 0 Å². The van der Waals surface area contributed by atoms with Crippen molar-refractivity contribution in [3.05, 3.63) is 29.8 Å². The first kappa shape index (κ1) is 17.2. The van der Waals surface area contributed by atoms with E-state index in [1.54, 1.807) is 4.57 Å². The van der Waals surface area contributed by atoms with Gasteiger partial charge in [-0.1, -0.05) is 5.92 Å². The minimum atomic E-state index is 0.233. The fourth-order valence-corrected chi connectivity index (χ4v) is 3.04. The average Bonchev–Trinajstić information content (AvgIpc) is 3.14. The molecule has 1 aromatic heterocycles. The first-order valence-electron chi connectivity index (χ1n) is 8.65. The lowest BCUT2D eigenvalue weighted by molar-refractivity contribution is 0.0443. The van der Waals surface area contributed by atoms with E-state index in [0.29, 0.717) is 23.8 Å². The Morgan fingerprint density at radius 3 is 2.74 bits per heavy atom. The molecule has 4 heterocycles. The van der Waals surface area contributed by atoms with Crippen molar-refractivity contribution in [1.29, 1.82) is 0 Å². The van der Waals surface area contributed by atoms with E-state index < -0.39 is 0 Å². The van der Waals surface area contributed by atoms with Gasteiger partial charge in [-0.3, -0.25) is 9.47 Å². The lowest BCUT2D eigenvalue weighted by Gasteiger charge is -2.24. The van der Waals surface area contributed by atoms with Crippen LogP contribution in [0.15, 0.2) is 18.5 Å². The number of rotatable bonds is 2. The number of fused-ring (bicyclic) bond motifs is 1. The quantitative estimate of drug-likeness (QED) is 0.624. The zero-order valence-electron chi connectivity index (χ0n) is 15.0. The number of imidazole rings is 1. The predicted octanol–water partition coefficient (Wildman–Crippen LogP) is 0.319. The molecule has 0 unspecified atom stereocenters. The molecule has 4 rings (SSSR count). The van der Waals surface area contributed by atoms with Crippen LogP contribution < -0.4 is 11.5 Å². The molecule has 0 aliphatic carbocycles. The standard InChI is InChI=1S/C18H20N8O/c1-12-14(26-17-15(21-11-22-17)16(19)24-18(26)20)5-4-13(23-12)3-2-6-25-7-9-27-10-8-25/h4-5,11H,6-10,19H2,1H3,(H2,20,24). The minimum Gasteiger partial charge on any atom is -0.382 e. The van der Waals surface area contributed by atoms with Crippen LogP contribution in [-0.2, 0) is 4.74 Å². The topological polar surface area (TPSA) is 121 Å². The maximum absolute atomic E-state index is 6.08. The van der Waals surface area contributed by atoms with Gasteiger partial charge >= 0.3 is 0 Å². The van der Waals surface area contributed by atoms with Gasteiger partial charge in [0, 0.05) is 13.1 Å². The van der Waals surface area contributed by atoms with Crippen LogP contribution in [0.3, 0.4) is 0 Å². The summed E-state index contributed by atoms with van der Waals surface area (Å²) in [5.74, 6) is 7.34. The van der Waals surface area contributed by atoms with E-state index in [-0.39, 0.29) is 11.8 Å². The van der Waals surface area contributed by atoms with E-state index in [9.17, 15) is 0 Å². The molecule has 4 N–H and O–H groups in total. The predicted molar refractivity (Wildman–Crippen MR) is 101 cm³/mol. The number of anilines is 2. The Bertz CT molecular complexity index is 996. The van der Waals surface area contributed by atoms with Gasteiger partial charge in [-0.2, -0.15) is 4.98 Å². The summed E-state index contributed by atoms with van der Waals surface area (Å²) in [7, 11) is 0. The lowest BCUT2D eigenvalue weighted by Crippen LogP contribution is -2.36. The summed E-state index contributed by atoms with van der Waals surface area (Å²) in [4.78, 5) is 19.4. The number of pyridine rings is 1. The molecule has 1 saturated heterocycles. The molecule has 0 spiro atoms. The summed E-state index contributed by atoms with van der Waals surface area (Å²) in [6.45, 7) is 5.96. The molecule has 3 aliphatic rings. The second-order valence-electron chi connectivity index (χ2n) is 6.23. The highest BCUT2D eigenvalue weighted by molar-refractivity contribution is 5.70. The van der Waals surface area contributed by atoms with Crippen LogP contribution in [0.5, 0.6) is 0 Å². The molecule has 1 aromatic rings. The SMILES string of the molecule is Cc1nc(C#CCN2CCOCC2)ccc1-n1c(N)nc(N)c2ncnc1-2. The molecule has 0 atom stereocenters. The van der Waals surface area contributed by atoms with Gasteiger partial charge in [0.25, 0.3) is 0 Å². The average molecular weight is 364 g/mol. The van der Waals surface area contributed by atoms with Crippen molar-refractivity contribution in [2.75, 3.05) is 44.3 Å². The minimum absolute atomic E-state index is 0.233. The van der Waals surface area contributed by atoms with E-state index in [4.69, 9.17) is 16.2 Å². The third-order valence-electron chi connectivity index (χ3n) is 4.42. The van der Waals surface area contributed by atoms with Gasteiger partial charge in [-0.25, -0.2) is 15.0 Å². The number of aromatic nitrogens is 5. The number of nitrogens with two attached hydrogens (primary N) is 2. The van der Waals surface area contributed by atoms with Crippen LogP contribution in [0.1, 0.15) is 11.4 Å². The molecule has 1 fully saturated rings. The maximum Gasteiger partial charge on any atom is 0.208 e. The monoisotopic (exact) mass is 364 g/mol. The Morgan fingerprint density at radius 2 is 1.96 bits per heavy atom. The molecule has 0 radical (unpaired) electrons. The van der Waals surface area contributed by atoms with Crippen LogP contribution in [0, 0.1) is 18.8 Å². The van der Waals surface area contributed by atoms with Crippen molar-refractivity contribution in [2.45, 2.75) is 6.92 Å². The smallest absolute Gasteiger partial charge is 0.208 e. The first-order valence-corrected chi connectivity index (χ1v) is 8.65. The molecule has 0 bridgehead atoms. The number of nitrogens with zero attached hydrogens (tertiary/aromatic N) is 6. The zero-order valence-corrected chi connectivity index (χ0v) is 15.0. The molecule has 9 nitrogen and oxygen atoms in total. The second kappa shape index (κ2) is 7.19. The third-order valence-corrected chi connectivity index (χ3v) is 4.42. The van der Waals surface area contributed by atoms with Crippen molar-refractivity contribution in [3.8, 4) is 29.0 Å². The molecule has 0 amide bonds. The van der Waals surface area contributed by atoms with Crippen molar-refractivity contribution in [3.63, 3.8) is 0 Å². The highest BCUT2D eigenvalue weighted by atomic mass is 16.5. The first-order chi connectivity index (χ1) is 13.1. The van der Waals surface area contributed by atoms with E-state index in [0.717, 1.165) is 37.7 Å². The van der Waals surface area contributed by atoms with Gasteiger partial charge in [-0.05, 0) is 25.0 Å². The highest BCUT2D eigenvalue weighted by Crippen LogP contribution is 2.29. The molecule has 27 heavy (non-hydrogen) atoms. The van der Waals surface area contributed by atoms with E-state index in [1.807, 2.05) is 19.1 Å². The van der Waals surface area contributed by atoms with Crippen LogP contribution in [-0.4, -0.2) is 62.3 Å². The van der Waals surface area contributed by atoms with Gasteiger partial charge < -0.3 is 16.2 Å². The second-order valence-corrected chi connectivity index (χ2v) is 6.23. The van der Waals surface area contributed by atoms with Crippen LogP contribution in [0.25, 0.3) is 17.2 Å². The lowest BCUT2D eigenvalue weighted by atomic mass is 10.2. The summed E-state index contributed by atoms with van der Waals surface area (Å²) in [5.41, 5.74) is 14.7. The van der Waals surface area contributed by atoms with Crippen LogP contribution >= 0.6 is 0 Å². The summed E-state index contributed by atoms with van der Waals surface area (Å²) >= 11 is 0. The van der Waals surface area contributed by atoms with Crippen LogP contribution in [0.2, 0.25) is 0 Å². The third kappa shape index (κ3) is 3.40. The number of aryl methyl sites for hydroxylation is 1. The fourth-order valence-electron chi connectivity index (χ4n) is 3.04. The zero-order chi connectivity index (χ0) is 18.8. The Kier molecular flexibility index (Phi) is 4.58. The van der Waals surface area contributed by atoms with Crippen molar-refractivity contribution in [2.24, 2.45) is 0 Å². The Hall–Kier alpha value is -3.22. The fraction of sp³-hybridized carbons (Fsp3) is 0.333. The molecule has 138 valence electrons. The summed E-state index contributed by atoms with van der Waals surface area (Å²) in [6, 6.07) is 3.77. The van der Waals surface area contributed by atoms with Crippen LogP contribution in [0.4, 0.5) is 11.8 Å². The number of ether oxygens (including phenoxy) is 1. The number of hydrogen-bond acceptors (Lipinski definition) is 8. The molecular weight excluding hydrogens is 344 g/mol. The number of morpholine rings is 1. The van der Waals surface area contributed by atoms with Crippen molar-refractivity contribution in [1.82, 2.24) is 29.4 Å². The van der Waals surface area contributed by atoms with E-state index in [2.05, 4.69) is 36.7 Å². The maximum atomic E-state index is 6.08. The summed E-state index contributed by atoms with van der Waals surface area (Å²) in [5, 5.41) is 0. The normalized spacial score (nSPS) is 14.9. The Labute approximate surface area is 156 Å². The summed E-state index contributed by atoms with van der Waals surface area (Å²) < 4.78 is 7.04. The van der Waals surface area contributed by atoms with Gasteiger partial charge in [-0.15, -0.1) is 0 Å². The van der Waals surface area contributed by atoms with Gasteiger partial charge in [0.05, 0.1) is 31.1 Å². The number of hydrogen-bond donors (Lipinski definition) is 2. The molecule has 0 saturated carbocycles. The van der Waals surface area contributed by atoms with Gasteiger partial charge in [0.1, 0.15) is 12.0 Å². The van der Waals surface area contributed by atoms with Crippen molar-refractivity contribution < 1.29 is 4.74 Å². The molecule has 9 heteroatoms.